The van der Waals surface area contributed by atoms with Crippen molar-refractivity contribution in [3.8, 4) is 0 Å². The lowest BCUT2D eigenvalue weighted by atomic mass is 9.89. The van der Waals surface area contributed by atoms with Crippen LogP contribution in [0.2, 0.25) is 0 Å². The van der Waals surface area contributed by atoms with E-state index in [4.69, 9.17) is 0 Å². The molecule has 0 aliphatic heterocycles. The number of guanidine groups is 1. The van der Waals surface area contributed by atoms with Gasteiger partial charge in [-0.15, -0.1) is 11.3 Å². The number of aryl methyl sites for hydroxylation is 1. The van der Waals surface area contributed by atoms with Crippen molar-refractivity contribution in [3.05, 3.63) is 16.1 Å². The van der Waals surface area contributed by atoms with Crippen LogP contribution in [-0.4, -0.2) is 30.6 Å². The Morgan fingerprint density at radius 3 is 2.68 bits per heavy atom. The van der Waals surface area contributed by atoms with Crippen LogP contribution in [0.25, 0.3) is 0 Å². The Hall–Kier alpha value is -1.10. The largest absolute Gasteiger partial charge is 0.356 e. The molecule has 1 atom stereocenters. The second kappa shape index (κ2) is 9.13. The van der Waals surface area contributed by atoms with Gasteiger partial charge in [-0.3, -0.25) is 4.99 Å². The zero-order chi connectivity index (χ0) is 16.6. The van der Waals surface area contributed by atoms with E-state index in [1.165, 1.54) is 16.3 Å². The third kappa shape index (κ3) is 7.78. The van der Waals surface area contributed by atoms with Crippen LogP contribution in [0.3, 0.4) is 0 Å². The summed E-state index contributed by atoms with van der Waals surface area (Å²) in [5.41, 5.74) is 0.384. The van der Waals surface area contributed by atoms with Crippen molar-refractivity contribution in [1.82, 2.24) is 15.6 Å². The molecule has 126 valence electrons. The Labute approximate surface area is 139 Å². The minimum Gasteiger partial charge on any atom is -0.356 e. The second-order valence-corrected chi connectivity index (χ2v) is 8.17. The average molecular weight is 325 g/mol. The molecule has 1 unspecified atom stereocenters. The van der Waals surface area contributed by atoms with E-state index in [-0.39, 0.29) is 0 Å². The first-order valence-corrected chi connectivity index (χ1v) is 9.06. The minimum absolute atomic E-state index is 0.384. The molecule has 4 nitrogen and oxygen atoms in total. The molecule has 22 heavy (non-hydrogen) atoms. The van der Waals surface area contributed by atoms with Gasteiger partial charge in [-0.1, -0.05) is 27.7 Å². The molecule has 0 aromatic carbocycles. The van der Waals surface area contributed by atoms with Crippen molar-refractivity contribution in [2.75, 3.05) is 13.6 Å². The number of hydrogen-bond acceptors (Lipinski definition) is 3. The topological polar surface area (TPSA) is 49.3 Å². The van der Waals surface area contributed by atoms with Crippen molar-refractivity contribution in [1.29, 1.82) is 0 Å². The molecular weight excluding hydrogens is 292 g/mol. The number of nitrogens with zero attached hydrogens (tertiary/aromatic N) is 2. The standard InChI is InChI=1S/C17H32N4S/c1-7-14-12-20-15(22-14)9-11-19-16(18-6)21-13(2)8-10-17(3,4)5/h12-13H,7-11H2,1-6H3,(H2,18,19,21). The number of thiazole rings is 1. The molecule has 0 aliphatic rings. The Kier molecular flexibility index (Phi) is 7.87. The summed E-state index contributed by atoms with van der Waals surface area (Å²) in [6.45, 7) is 12.1. The zero-order valence-electron chi connectivity index (χ0n) is 15.0. The first-order valence-electron chi connectivity index (χ1n) is 8.25. The predicted octanol–water partition coefficient (Wildman–Crippen LogP) is 3.63. The van der Waals surface area contributed by atoms with Crippen LogP contribution in [0, 0.1) is 5.41 Å². The normalized spacial score (nSPS) is 14.0. The highest BCUT2D eigenvalue weighted by Crippen LogP contribution is 2.21. The molecule has 2 N–H and O–H groups in total. The highest BCUT2D eigenvalue weighted by molar-refractivity contribution is 7.11. The van der Waals surface area contributed by atoms with Crippen LogP contribution in [0.4, 0.5) is 0 Å². The monoisotopic (exact) mass is 324 g/mol. The molecule has 0 amide bonds. The van der Waals surface area contributed by atoms with E-state index in [9.17, 15) is 0 Å². The van der Waals surface area contributed by atoms with Crippen molar-refractivity contribution in [3.63, 3.8) is 0 Å². The van der Waals surface area contributed by atoms with Crippen molar-refractivity contribution < 1.29 is 0 Å². The zero-order valence-corrected chi connectivity index (χ0v) is 15.8. The van der Waals surface area contributed by atoms with Gasteiger partial charge < -0.3 is 10.6 Å². The van der Waals surface area contributed by atoms with Gasteiger partial charge in [-0.2, -0.15) is 0 Å². The minimum atomic E-state index is 0.384. The Morgan fingerprint density at radius 1 is 1.41 bits per heavy atom. The lowest BCUT2D eigenvalue weighted by molar-refractivity contribution is 0.346. The quantitative estimate of drug-likeness (QED) is 0.595. The van der Waals surface area contributed by atoms with E-state index in [1.807, 2.05) is 13.2 Å². The van der Waals surface area contributed by atoms with Gasteiger partial charge in [-0.25, -0.2) is 4.98 Å². The van der Waals surface area contributed by atoms with E-state index in [0.717, 1.165) is 31.8 Å². The Morgan fingerprint density at radius 2 is 2.14 bits per heavy atom. The highest BCUT2D eigenvalue weighted by Gasteiger charge is 2.13. The SMILES string of the molecule is CCc1cnc(CCNC(=NC)NC(C)CCC(C)(C)C)s1. The van der Waals surface area contributed by atoms with Crippen LogP contribution in [-0.2, 0) is 12.8 Å². The van der Waals surface area contributed by atoms with E-state index >= 15 is 0 Å². The van der Waals surface area contributed by atoms with E-state index in [1.54, 1.807) is 11.3 Å². The summed E-state index contributed by atoms with van der Waals surface area (Å²) < 4.78 is 0. The van der Waals surface area contributed by atoms with Gasteiger partial charge in [0.05, 0.1) is 5.01 Å². The van der Waals surface area contributed by atoms with Gasteiger partial charge in [0.1, 0.15) is 0 Å². The number of nitrogens with one attached hydrogen (secondary N) is 2. The molecule has 0 spiro atoms. The predicted molar refractivity (Wildman–Crippen MR) is 97.8 cm³/mol. The van der Waals surface area contributed by atoms with Crippen LogP contribution in [0.1, 0.15) is 57.3 Å². The fraction of sp³-hybridized carbons (Fsp3) is 0.765. The van der Waals surface area contributed by atoms with Gasteiger partial charge in [0.2, 0.25) is 0 Å². The summed E-state index contributed by atoms with van der Waals surface area (Å²) in [7, 11) is 1.82. The molecular formula is C17H32N4S. The number of hydrogen-bond donors (Lipinski definition) is 2. The first-order chi connectivity index (χ1) is 10.3. The van der Waals surface area contributed by atoms with Gasteiger partial charge in [-0.05, 0) is 31.6 Å². The fourth-order valence-corrected chi connectivity index (χ4v) is 2.93. The lowest BCUT2D eigenvalue weighted by Crippen LogP contribution is -2.43. The first kappa shape index (κ1) is 18.9. The summed E-state index contributed by atoms with van der Waals surface area (Å²) in [5.74, 6) is 0.883. The Bertz CT molecular complexity index is 459. The van der Waals surface area contributed by atoms with Gasteiger partial charge in [0.25, 0.3) is 0 Å². The smallest absolute Gasteiger partial charge is 0.191 e. The van der Waals surface area contributed by atoms with Crippen LogP contribution < -0.4 is 10.6 Å². The summed E-state index contributed by atoms with van der Waals surface area (Å²) in [6, 6.07) is 0.428. The van der Waals surface area contributed by atoms with Crippen LogP contribution in [0.5, 0.6) is 0 Å². The van der Waals surface area contributed by atoms with Crippen molar-refractivity contribution in [2.24, 2.45) is 10.4 Å². The number of rotatable bonds is 7. The molecule has 1 heterocycles. The third-order valence-corrected chi connectivity index (χ3v) is 4.72. The van der Waals surface area contributed by atoms with Gasteiger partial charge >= 0.3 is 0 Å². The maximum absolute atomic E-state index is 4.45. The third-order valence-electron chi connectivity index (χ3n) is 3.52. The lowest BCUT2D eigenvalue weighted by Gasteiger charge is -2.23. The molecule has 0 aliphatic carbocycles. The number of aliphatic imine (C=N–C) groups is 1. The molecule has 0 bridgehead atoms. The van der Waals surface area contributed by atoms with Crippen molar-refractivity contribution in [2.45, 2.75) is 66.3 Å². The van der Waals surface area contributed by atoms with Crippen LogP contribution in [0.15, 0.2) is 11.2 Å². The molecule has 0 fully saturated rings. The molecule has 1 aromatic rings. The van der Waals surface area contributed by atoms with Gasteiger partial charge in [0, 0.05) is 37.1 Å². The fourth-order valence-electron chi connectivity index (χ4n) is 2.06. The maximum Gasteiger partial charge on any atom is 0.191 e. The molecule has 0 saturated carbocycles. The molecule has 1 rings (SSSR count). The molecule has 0 saturated heterocycles. The highest BCUT2D eigenvalue weighted by atomic mass is 32.1. The maximum atomic E-state index is 4.45. The van der Waals surface area contributed by atoms with E-state index < -0.39 is 0 Å². The molecule has 1 aromatic heterocycles. The van der Waals surface area contributed by atoms with Crippen molar-refractivity contribution >= 4 is 17.3 Å². The summed E-state index contributed by atoms with van der Waals surface area (Å²) >= 11 is 1.81. The average Bonchev–Trinajstić information content (AvgIpc) is 2.91. The van der Waals surface area contributed by atoms with E-state index in [2.05, 4.69) is 55.2 Å². The molecule has 0 radical (unpaired) electrons. The second-order valence-electron chi connectivity index (χ2n) is 6.97. The summed E-state index contributed by atoms with van der Waals surface area (Å²) in [4.78, 5) is 10.1. The van der Waals surface area contributed by atoms with Crippen LogP contribution >= 0.6 is 11.3 Å². The number of aromatic nitrogens is 1. The Balaban J connectivity index is 2.30. The molecule has 5 heteroatoms. The summed E-state index contributed by atoms with van der Waals surface area (Å²) in [5, 5.41) is 8.04. The van der Waals surface area contributed by atoms with Gasteiger partial charge in [0.15, 0.2) is 5.96 Å². The van der Waals surface area contributed by atoms with E-state index in [0.29, 0.717) is 11.5 Å². The summed E-state index contributed by atoms with van der Waals surface area (Å²) in [6.07, 6.45) is 6.36.